The zero-order chi connectivity index (χ0) is 28.6. The van der Waals surface area contributed by atoms with Crippen molar-refractivity contribution in [2.24, 2.45) is 0 Å². The second-order valence-electron chi connectivity index (χ2n) is 9.44. The van der Waals surface area contributed by atoms with E-state index >= 15 is 0 Å². The second kappa shape index (κ2) is 10.9. The van der Waals surface area contributed by atoms with Crippen LogP contribution in [0.25, 0.3) is 11.5 Å². The number of oxazole rings is 1. The highest BCUT2D eigenvalue weighted by atomic mass is 35.5. The Balaban J connectivity index is 1.50. The third kappa shape index (κ3) is 5.25. The number of methoxy groups -OCH3 is 2. The summed E-state index contributed by atoms with van der Waals surface area (Å²) in [6.45, 7) is 2.05. The molecule has 0 N–H and O–H groups in total. The highest BCUT2D eigenvalue weighted by Gasteiger charge is 2.35. The van der Waals surface area contributed by atoms with E-state index in [-0.39, 0.29) is 23.8 Å². The van der Waals surface area contributed by atoms with Crippen LogP contribution in [0.15, 0.2) is 65.1 Å². The molecule has 1 aliphatic heterocycles. The number of alkyl halides is 3. The van der Waals surface area contributed by atoms with E-state index in [1.807, 2.05) is 30.3 Å². The molecular formula is C30H26ClF3N2O4. The van der Waals surface area contributed by atoms with E-state index in [1.165, 1.54) is 12.1 Å². The number of hydrogen-bond donors (Lipinski definition) is 0. The molecule has 10 heteroatoms. The smallest absolute Gasteiger partial charge is 0.416 e. The van der Waals surface area contributed by atoms with Crippen molar-refractivity contribution < 1.29 is 31.9 Å². The first-order valence-electron chi connectivity index (χ1n) is 12.5. The molecule has 0 aliphatic carbocycles. The van der Waals surface area contributed by atoms with Crippen LogP contribution in [0.3, 0.4) is 0 Å². The first-order chi connectivity index (χ1) is 19.1. The molecule has 1 amide bonds. The Labute approximate surface area is 234 Å². The van der Waals surface area contributed by atoms with E-state index in [0.29, 0.717) is 40.9 Å². The van der Waals surface area contributed by atoms with Crippen molar-refractivity contribution in [2.75, 3.05) is 20.8 Å². The number of nitrogens with zero attached hydrogens (tertiary/aromatic N) is 2. The van der Waals surface area contributed by atoms with E-state index < -0.39 is 17.8 Å². The average Bonchev–Trinajstić information content (AvgIpc) is 3.31. The topological polar surface area (TPSA) is 64.8 Å². The molecule has 0 saturated carbocycles. The normalized spacial score (nSPS) is 15.1. The molecule has 0 saturated heterocycles. The van der Waals surface area contributed by atoms with Gasteiger partial charge < -0.3 is 18.8 Å². The zero-order valence-corrected chi connectivity index (χ0v) is 22.8. The quantitative estimate of drug-likeness (QED) is 0.248. The number of benzene rings is 3. The summed E-state index contributed by atoms with van der Waals surface area (Å²) >= 11 is 6.63. The lowest BCUT2D eigenvalue weighted by Gasteiger charge is -2.38. The van der Waals surface area contributed by atoms with Gasteiger partial charge in [-0.2, -0.15) is 13.2 Å². The van der Waals surface area contributed by atoms with Gasteiger partial charge in [0.25, 0.3) is 0 Å². The minimum absolute atomic E-state index is 0.0230. The SMILES string of the molecule is COc1cc2c(cc1OC)[C@@H](c1ccccc1Cl)N(C(=O)Cc1nc(-c3cccc(C(F)(F)F)c3)oc1C)CC2. The number of rotatable bonds is 6. The van der Waals surface area contributed by atoms with Gasteiger partial charge in [0.2, 0.25) is 11.8 Å². The number of amides is 1. The van der Waals surface area contributed by atoms with Gasteiger partial charge in [-0.3, -0.25) is 4.79 Å². The van der Waals surface area contributed by atoms with Gasteiger partial charge in [-0.25, -0.2) is 4.98 Å². The Kier molecular flexibility index (Phi) is 7.51. The maximum Gasteiger partial charge on any atom is 0.416 e. The fourth-order valence-electron chi connectivity index (χ4n) is 5.04. The largest absolute Gasteiger partial charge is 0.493 e. The van der Waals surface area contributed by atoms with Gasteiger partial charge in [0.15, 0.2) is 11.5 Å². The molecule has 0 spiro atoms. The summed E-state index contributed by atoms with van der Waals surface area (Å²) in [5, 5.41) is 0.511. The van der Waals surface area contributed by atoms with E-state index in [4.69, 9.17) is 25.5 Å². The van der Waals surface area contributed by atoms with Crippen LogP contribution in [0.4, 0.5) is 13.2 Å². The lowest BCUT2D eigenvalue weighted by molar-refractivity contribution is -0.137. The van der Waals surface area contributed by atoms with Crippen LogP contribution in [-0.2, 0) is 23.8 Å². The molecule has 0 bridgehead atoms. The molecule has 4 aromatic rings. The fourth-order valence-corrected chi connectivity index (χ4v) is 5.27. The van der Waals surface area contributed by atoms with Crippen molar-refractivity contribution >= 4 is 17.5 Å². The minimum atomic E-state index is -4.50. The Morgan fingerprint density at radius 2 is 1.77 bits per heavy atom. The summed E-state index contributed by atoms with van der Waals surface area (Å²) in [7, 11) is 3.12. The molecule has 0 unspecified atom stereocenters. The molecule has 0 radical (unpaired) electrons. The molecule has 5 rings (SSSR count). The Morgan fingerprint density at radius 1 is 1.05 bits per heavy atom. The molecule has 0 fully saturated rings. The third-order valence-corrected chi connectivity index (χ3v) is 7.39. The molecule has 6 nitrogen and oxygen atoms in total. The van der Waals surface area contributed by atoms with Gasteiger partial charge >= 0.3 is 6.18 Å². The van der Waals surface area contributed by atoms with Crippen molar-refractivity contribution in [1.29, 1.82) is 0 Å². The number of ether oxygens (including phenoxy) is 2. The van der Waals surface area contributed by atoms with Gasteiger partial charge in [-0.15, -0.1) is 0 Å². The fraction of sp³-hybridized carbons (Fsp3) is 0.267. The predicted octanol–water partition coefficient (Wildman–Crippen LogP) is 7.06. The summed E-state index contributed by atoms with van der Waals surface area (Å²) < 4.78 is 56.4. The van der Waals surface area contributed by atoms with Crippen molar-refractivity contribution in [1.82, 2.24) is 9.88 Å². The summed E-state index contributed by atoms with van der Waals surface area (Å²) in [4.78, 5) is 20.0. The molecule has 1 aromatic heterocycles. The Bertz CT molecular complexity index is 1570. The minimum Gasteiger partial charge on any atom is -0.493 e. The van der Waals surface area contributed by atoms with Crippen molar-refractivity contribution in [3.63, 3.8) is 0 Å². The Hall–Kier alpha value is -3.98. The Morgan fingerprint density at radius 3 is 2.48 bits per heavy atom. The van der Waals surface area contributed by atoms with Crippen LogP contribution >= 0.6 is 11.6 Å². The van der Waals surface area contributed by atoms with Gasteiger partial charge in [0.1, 0.15) is 5.76 Å². The standard InChI is InChI=1S/C30H26ClF3N2O4/c1-17-24(35-29(40-17)19-7-6-8-20(13-19)30(32,33)34)16-27(37)36-12-11-18-14-25(38-2)26(39-3)15-22(18)28(36)21-9-4-5-10-23(21)31/h4-10,13-15,28H,11-12,16H2,1-3H3/t28-/m1/s1. The van der Waals surface area contributed by atoms with Gasteiger partial charge in [-0.1, -0.05) is 35.9 Å². The lowest BCUT2D eigenvalue weighted by atomic mass is 9.87. The van der Waals surface area contributed by atoms with E-state index in [1.54, 1.807) is 32.1 Å². The first kappa shape index (κ1) is 27.6. The monoisotopic (exact) mass is 570 g/mol. The second-order valence-corrected chi connectivity index (χ2v) is 9.85. The highest BCUT2D eigenvalue weighted by molar-refractivity contribution is 6.31. The summed E-state index contributed by atoms with van der Waals surface area (Å²) in [6.07, 6.45) is -4.02. The molecule has 40 heavy (non-hydrogen) atoms. The number of aromatic nitrogens is 1. The number of carbonyl (C=O) groups excluding carboxylic acids is 1. The molecule has 208 valence electrons. The van der Waals surface area contributed by atoms with E-state index in [9.17, 15) is 18.0 Å². The average molecular weight is 571 g/mol. The lowest BCUT2D eigenvalue weighted by Crippen LogP contribution is -2.41. The van der Waals surface area contributed by atoms with Crippen molar-refractivity contribution in [3.8, 4) is 23.0 Å². The number of halogens is 4. The van der Waals surface area contributed by atoms with Crippen LogP contribution in [0.5, 0.6) is 11.5 Å². The first-order valence-corrected chi connectivity index (χ1v) is 12.9. The molecule has 1 aliphatic rings. The van der Waals surface area contributed by atoms with Crippen LogP contribution in [0.1, 0.15) is 39.7 Å². The zero-order valence-electron chi connectivity index (χ0n) is 22.0. The van der Waals surface area contributed by atoms with E-state index in [0.717, 1.165) is 28.8 Å². The van der Waals surface area contributed by atoms with Gasteiger partial charge in [-0.05, 0) is 66.4 Å². The van der Waals surface area contributed by atoms with Gasteiger partial charge in [0.05, 0.1) is 37.9 Å². The highest BCUT2D eigenvalue weighted by Crippen LogP contribution is 2.43. The predicted molar refractivity (Wildman–Crippen MR) is 144 cm³/mol. The summed E-state index contributed by atoms with van der Waals surface area (Å²) in [6, 6.07) is 15.4. The number of aryl methyl sites for hydroxylation is 1. The molecule has 3 aromatic carbocycles. The van der Waals surface area contributed by atoms with Crippen LogP contribution in [-0.4, -0.2) is 36.6 Å². The van der Waals surface area contributed by atoms with Crippen LogP contribution < -0.4 is 9.47 Å². The molecule has 1 atom stereocenters. The van der Waals surface area contributed by atoms with Crippen molar-refractivity contribution in [3.05, 3.63) is 99.4 Å². The number of fused-ring (bicyclic) bond motifs is 1. The van der Waals surface area contributed by atoms with E-state index in [2.05, 4.69) is 4.98 Å². The maximum absolute atomic E-state index is 13.8. The third-order valence-electron chi connectivity index (χ3n) is 7.04. The summed E-state index contributed by atoms with van der Waals surface area (Å²) in [5.74, 6) is 1.29. The van der Waals surface area contributed by atoms with Gasteiger partial charge in [0, 0.05) is 17.1 Å². The number of hydrogen-bond acceptors (Lipinski definition) is 5. The van der Waals surface area contributed by atoms with Crippen LogP contribution in [0.2, 0.25) is 5.02 Å². The number of carbonyl (C=O) groups is 1. The maximum atomic E-state index is 13.8. The molecular weight excluding hydrogens is 545 g/mol. The van der Waals surface area contributed by atoms with Crippen molar-refractivity contribution in [2.45, 2.75) is 32.0 Å². The molecule has 2 heterocycles. The van der Waals surface area contributed by atoms with Crippen LogP contribution in [0, 0.1) is 6.92 Å². The summed E-state index contributed by atoms with van der Waals surface area (Å²) in [5.41, 5.74) is 2.36.